The van der Waals surface area contributed by atoms with Crippen molar-refractivity contribution in [2.45, 2.75) is 19.8 Å². The zero-order chi connectivity index (χ0) is 15.9. The Bertz CT molecular complexity index is 717. The number of hydrogen-bond acceptors (Lipinski definition) is 2. The number of hydrogen-bond donors (Lipinski definition) is 1. The van der Waals surface area contributed by atoms with E-state index in [1.807, 2.05) is 12.3 Å². The standard InChI is InChI=1S/C20H23N3/c1-17-16-22-20(23(17)19-10-6-3-7-11-19)13-15-21-14-12-18-8-4-2-5-9-18/h2-11,16,21H,12-15H2,1H3. The predicted molar refractivity (Wildman–Crippen MR) is 95.0 cm³/mol. The van der Waals surface area contributed by atoms with Gasteiger partial charge >= 0.3 is 0 Å². The first-order valence-corrected chi connectivity index (χ1v) is 8.18. The van der Waals surface area contributed by atoms with E-state index in [4.69, 9.17) is 0 Å². The Hall–Kier alpha value is -2.39. The summed E-state index contributed by atoms with van der Waals surface area (Å²) in [6, 6.07) is 21.0. The Labute approximate surface area is 138 Å². The monoisotopic (exact) mass is 305 g/mol. The van der Waals surface area contributed by atoms with Crippen molar-refractivity contribution in [2.24, 2.45) is 0 Å². The van der Waals surface area contributed by atoms with Crippen LogP contribution in [0.2, 0.25) is 0 Å². The molecule has 1 aromatic heterocycles. The minimum atomic E-state index is 0.928. The maximum atomic E-state index is 4.57. The molecule has 23 heavy (non-hydrogen) atoms. The van der Waals surface area contributed by atoms with E-state index in [0.29, 0.717) is 0 Å². The lowest BCUT2D eigenvalue weighted by molar-refractivity contribution is 0.661. The quantitative estimate of drug-likeness (QED) is 0.677. The number of aromatic nitrogens is 2. The van der Waals surface area contributed by atoms with Crippen LogP contribution >= 0.6 is 0 Å². The summed E-state index contributed by atoms with van der Waals surface area (Å²) in [5.74, 6) is 1.11. The van der Waals surface area contributed by atoms with E-state index in [1.165, 1.54) is 16.9 Å². The van der Waals surface area contributed by atoms with Gasteiger partial charge in [0.2, 0.25) is 0 Å². The molecule has 1 N–H and O–H groups in total. The summed E-state index contributed by atoms with van der Waals surface area (Å²) in [6.45, 7) is 4.04. The van der Waals surface area contributed by atoms with Crippen molar-refractivity contribution in [1.29, 1.82) is 0 Å². The van der Waals surface area contributed by atoms with Gasteiger partial charge in [-0.15, -0.1) is 0 Å². The maximum Gasteiger partial charge on any atom is 0.114 e. The molecule has 0 unspecified atom stereocenters. The lowest BCUT2D eigenvalue weighted by Crippen LogP contribution is -2.21. The van der Waals surface area contributed by atoms with Crippen molar-refractivity contribution < 1.29 is 0 Å². The number of nitrogens with one attached hydrogen (secondary N) is 1. The van der Waals surface area contributed by atoms with Gasteiger partial charge in [-0.3, -0.25) is 0 Å². The van der Waals surface area contributed by atoms with Crippen LogP contribution in [0.1, 0.15) is 17.1 Å². The van der Waals surface area contributed by atoms with Gasteiger partial charge in [-0.25, -0.2) is 4.98 Å². The third-order valence-electron chi connectivity index (χ3n) is 3.98. The van der Waals surface area contributed by atoms with Crippen molar-refractivity contribution in [3.05, 3.63) is 83.9 Å². The number of imidazole rings is 1. The molecule has 3 nitrogen and oxygen atoms in total. The van der Waals surface area contributed by atoms with Gasteiger partial charge in [0.15, 0.2) is 0 Å². The average Bonchev–Trinajstić information content (AvgIpc) is 2.97. The second-order valence-electron chi connectivity index (χ2n) is 5.72. The third kappa shape index (κ3) is 4.08. The zero-order valence-corrected chi connectivity index (χ0v) is 13.6. The van der Waals surface area contributed by atoms with E-state index in [2.05, 4.69) is 76.4 Å². The van der Waals surface area contributed by atoms with Gasteiger partial charge < -0.3 is 9.88 Å². The number of aryl methyl sites for hydroxylation is 1. The highest BCUT2D eigenvalue weighted by Gasteiger charge is 2.08. The maximum absolute atomic E-state index is 4.57. The van der Waals surface area contributed by atoms with Crippen LogP contribution < -0.4 is 5.32 Å². The zero-order valence-electron chi connectivity index (χ0n) is 13.6. The first-order chi connectivity index (χ1) is 11.3. The van der Waals surface area contributed by atoms with Gasteiger partial charge in [0.1, 0.15) is 5.82 Å². The fourth-order valence-electron chi connectivity index (χ4n) is 2.80. The first-order valence-electron chi connectivity index (χ1n) is 8.18. The highest BCUT2D eigenvalue weighted by atomic mass is 15.1. The Kier molecular flexibility index (Phi) is 5.22. The molecule has 0 atom stereocenters. The van der Waals surface area contributed by atoms with Gasteiger partial charge in [-0.1, -0.05) is 48.5 Å². The average molecular weight is 305 g/mol. The third-order valence-corrected chi connectivity index (χ3v) is 3.98. The number of benzene rings is 2. The molecule has 0 aliphatic carbocycles. The Morgan fingerprint density at radius 3 is 2.26 bits per heavy atom. The molecular weight excluding hydrogens is 282 g/mol. The second-order valence-corrected chi connectivity index (χ2v) is 5.72. The molecule has 3 heteroatoms. The van der Waals surface area contributed by atoms with Crippen molar-refractivity contribution in [2.75, 3.05) is 13.1 Å². The van der Waals surface area contributed by atoms with Crippen molar-refractivity contribution >= 4 is 0 Å². The van der Waals surface area contributed by atoms with Crippen LogP contribution in [0.5, 0.6) is 0 Å². The van der Waals surface area contributed by atoms with Gasteiger partial charge in [0, 0.05) is 30.5 Å². The molecule has 0 fully saturated rings. The molecule has 0 aliphatic heterocycles. The summed E-state index contributed by atoms with van der Waals surface area (Å²) in [6.07, 6.45) is 3.94. The molecule has 2 aromatic carbocycles. The fourth-order valence-corrected chi connectivity index (χ4v) is 2.80. The van der Waals surface area contributed by atoms with E-state index >= 15 is 0 Å². The molecule has 0 radical (unpaired) electrons. The SMILES string of the molecule is Cc1cnc(CCNCCc2ccccc2)n1-c1ccccc1. The summed E-state index contributed by atoms with van der Waals surface area (Å²) in [5.41, 5.74) is 3.74. The molecule has 0 spiro atoms. The van der Waals surface area contributed by atoms with Crippen molar-refractivity contribution in [3.8, 4) is 5.69 Å². The van der Waals surface area contributed by atoms with E-state index in [-0.39, 0.29) is 0 Å². The molecule has 0 amide bonds. The predicted octanol–water partition coefficient (Wildman–Crippen LogP) is 3.56. The number of para-hydroxylation sites is 1. The molecule has 3 rings (SSSR count). The second kappa shape index (κ2) is 7.75. The topological polar surface area (TPSA) is 29.9 Å². The summed E-state index contributed by atoms with van der Waals surface area (Å²) >= 11 is 0. The lowest BCUT2D eigenvalue weighted by atomic mass is 10.1. The van der Waals surface area contributed by atoms with E-state index < -0.39 is 0 Å². The van der Waals surface area contributed by atoms with E-state index in [1.54, 1.807) is 0 Å². The lowest BCUT2D eigenvalue weighted by Gasteiger charge is -2.10. The first kappa shape index (κ1) is 15.5. The normalized spacial score (nSPS) is 10.8. The largest absolute Gasteiger partial charge is 0.316 e. The van der Waals surface area contributed by atoms with Crippen LogP contribution in [-0.4, -0.2) is 22.6 Å². The van der Waals surface area contributed by atoms with E-state index in [0.717, 1.165) is 31.8 Å². The molecule has 0 saturated carbocycles. The highest BCUT2D eigenvalue weighted by Crippen LogP contribution is 2.14. The van der Waals surface area contributed by atoms with Crippen LogP contribution in [0.25, 0.3) is 5.69 Å². The molecule has 1 heterocycles. The van der Waals surface area contributed by atoms with Gasteiger partial charge in [-0.05, 0) is 37.6 Å². The van der Waals surface area contributed by atoms with Crippen LogP contribution in [0.3, 0.4) is 0 Å². The van der Waals surface area contributed by atoms with Crippen LogP contribution in [0, 0.1) is 6.92 Å². The Morgan fingerprint density at radius 1 is 0.870 bits per heavy atom. The molecule has 0 aliphatic rings. The molecular formula is C20H23N3. The molecule has 0 saturated heterocycles. The number of nitrogens with zero attached hydrogens (tertiary/aromatic N) is 2. The minimum absolute atomic E-state index is 0.928. The summed E-state index contributed by atoms with van der Waals surface area (Å²) in [4.78, 5) is 4.57. The van der Waals surface area contributed by atoms with Crippen LogP contribution in [0.15, 0.2) is 66.9 Å². The van der Waals surface area contributed by atoms with Crippen LogP contribution in [-0.2, 0) is 12.8 Å². The summed E-state index contributed by atoms with van der Waals surface area (Å²) < 4.78 is 2.23. The minimum Gasteiger partial charge on any atom is -0.316 e. The summed E-state index contributed by atoms with van der Waals surface area (Å²) in [5, 5.41) is 3.52. The molecule has 3 aromatic rings. The fraction of sp³-hybridized carbons (Fsp3) is 0.250. The number of rotatable bonds is 7. The Balaban J connectivity index is 1.53. The van der Waals surface area contributed by atoms with Crippen molar-refractivity contribution in [1.82, 2.24) is 14.9 Å². The van der Waals surface area contributed by atoms with Crippen LogP contribution in [0.4, 0.5) is 0 Å². The molecule has 0 bridgehead atoms. The smallest absolute Gasteiger partial charge is 0.114 e. The highest BCUT2D eigenvalue weighted by molar-refractivity contribution is 5.35. The van der Waals surface area contributed by atoms with Gasteiger partial charge in [-0.2, -0.15) is 0 Å². The summed E-state index contributed by atoms with van der Waals surface area (Å²) in [7, 11) is 0. The Morgan fingerprint density at radius 2 is 1.52 bits per heavy atom. The van der Waals surface area contributed by atoms with Crippen molar-refractivity contribution in [3.63, 3.8) is 0 Å². The van der Waals surface area contributed by atoms with Gasteiger partial charge in [0.25, 0.3) is 0 Å². The molecule has 118 valence electrons. The van der Waals surface area contributed by atoms with Gasteiger partial charge in [0.05, 0.1) is 0 Å². The van der Waals surface area contributed by atoms with E-state index in [9.17, 15) is 0 Å².